The molecule has 1 heterocycles. The number of nitrogens with zero attached hydrogens (tertiary/aromatic N) is 1. The number of hydrogen-bond acceptors (Lipinski definition) is 4. The molecule has 2 aromatic carbocycles. The molecule has 1 fully saturated rings. The number of benzene rings is 2. The Kier molecular flexibility index (Phi) is 7.35. The van der Waals surface area contributed by atoms with Crippen molar-refractivity contribution >= 4 is 23.4 Å². The maximum Gasteiger partial charge on any atom is 0.290 e. The minimum atomic E-state index is -0.894. The molecule has 1 aliphatic rings. The molecule has 0 saturated heterocycles. The highest BCUT2D eigenvalue weighted by atomic mass is 35.5. The van der Waals surface area contributed by atoms with Crippen LogP contribution in [0.4, 0.5) is 0 Å². The largest absolute Gasteiger partial charge is 0.497 e. The summed E-state index contributed by atoms with van der Waals surface area (Å²) in [4.78, 5) is 28.8. The molecule has 1 aromatic heterocycles. The molecule has 6 nitrogen and oxygen atoms in total. The average Bonchev–Trinajstić information content (AvgIpc) is 3.54. The minimum absolute atomic E-state index is 0.103. The van der Waals surface area contributed by atoms with E-state index in [0.717, 1.165) is 31.2 Å². The fraction of sp³-hybridized carbons (Fsp3) is 0.308. The molecular formula is C26H27ClN2O4. The van der Waals surface area contributed by atoms with Crippen molar-refractivity contribution in [2.24, 2.45) is 0 Å². The molecule has 1 N–H and O–H groups in total. The number of carbonyl (C=O) groups is 2. The van der Waals surface area contributed by atoms with E-state index in [2.05, 4.69) is 5.32 Å². The molecule has 2 amide bonds. The van der Waals surface area contributed by atoms with E-state index in [1.807, 2.05) is 36.4 Å². The second kappa shape index (κ2) is 10.6. The predicted octanol–water partition coefficient (Wildman–Crippen LogP) is 5.38. The summed E-state index contributed by atoms with van der Waals surface area (Å²) in [6, 6.07) is 17.0. The molecule has 0 aliphatic heterocycles. The van der Waals surface area contributed by atoms with Crippen molar-refractivity contribution in [2.75, 3.05) is 7.11 Å². The van der Waals surface area contributed by atoms with Crippen molar-refractivity contribution in [1.29, 1.82) is 0 Å². The van der Waals surface area contributed by atoms with Crippen molar-refractivity contribution in [2.45, 2.75) is 44.3 Å². The normalized spacial score (nSPS) is 14.6. The molecular weight excluding hydrogens is 440 g/mol. The van der Waals surface area contributed by atoms with Crippen molar-refractivity contribution in [3.63, 3.8) is 0 Å². The predicted molar refractivity (Wildman–Crippen MR) is 126 cm³/mol. The van der Waals surface area contributed by atoms with E-state index in [4.69, 9.17) is 20.8 Å². The Morgan fingerprint density at radius 1 is 1.12 bits per heavy atom. The van der Waals surface area contributed by atoms with Crippen LogP contribution in [0, 0.1) is 0 Å². The third kappa shape index (κ3) is 5.40. The monoisotopic (exact) mass is 466 g/mol. The summed E-state index contributed by atoms with van der Waals surface area (Å²) in [5.74, 6) is 0.134. The van der Waals surface area contributed by atoms with Gasteiger partial charge in [0, 0.05) is 17.6 Å². The molecule has 0 bridgehead atoms. The van der Waals surface area contributed by atoms with Gasteiger partial charge < -0.3 is 19.4 Å². The van der Waals surface area contributed by atoms with Gasteiger partial charge in [-0.3, -0.25) is 9.59 Å². The number of hydrogen-bond donors (Lipinski definition) is 1. The fourth-order valence-electron chi connectivity index (χ4n) is 4.27. The summed E-state index contributed by atoms with van der Waals surface area (Å²) in [6.07, 6.45) is 5.49. The zero-order chi connectivity index (χ0) is 23.2. The number of amides is 2. The van der Waals surface area contributed by atoms with Crippen LogP contribution in [0.25, 0.3) is 0 Å². The molecule has 0 spiro atoms. The lowest BCUT2D eigenvalue weighted by atomic mass is 10.0. The van der Waals surface area contributed by atoms with Crippen molar-refractivity contribution < 1.29 is 18.7 Å². The van der Waals surface area contributed by atoms with E-state index in [1.54, 1.807) is 31.4 Å². The maximum atomic E-state index is 13.7. The summed E-state index contributed by atoms with van der Waals surface area (Å²) in [7, 11) is 1.57. The van der Waals surface area contributed by atoms with Crippen LogP contribution in [0.1, 0.15) is 53.4 Å². The number of carbonyl (C=O) groups excluding carboxylic acids is 2. The second-order valence-corrected chi connectivity index (χ2v) is 8.58. The van der Waals surface area contributed by atoms with Gasteiger partial charge in [0.1, 0.15) is 11.8 Å². The first-order chi connectivity index (χ1) is 16.1. The van der Waals surface area contributed by atoms with Gasteiger partial charge in [0.2, 0.25) is 5.91 Å². The van der Waals surface area contributed by atoms with E-state index in [9.17, 15) is 9.59 Å². The highest BCUT2D eigenvalue weighted by Gasteiger charge is 2.35. The maximum absolute atomic E-state index is 13.7. The molecule has 1 atom stereocenters. The van der Waals surface area contributed by atoms with E-state index in [0.29, 0.717) is 16.3 Å². The Bertz CT molecular complexity index is 1090. The number of methoxy groups -OCH3 is 1. The van der Waals surface area contributed by atoms with Gasteiger partial charge >= 0.3 is 0 Å². The first kappa shape index (κ1) is 22.9. The SMILES string of the molecule is COc1cccc([C@H](C(=O)NC2CCCC2)N(Cc2ccccc2Cl)C(=O)c2ccco2)c1. The van der Waals surface area contributed by atoms with Crippen molar-refractivity contribution in [3.8, 4) is 5.75 Å². The molecule has 3 aromatic rings. The Hall–Kier alpha value is -3.25. The highest BCUT2D eigenvalue weighted by Crippen LogP contribution is 2.30. The Morgan fingerprint density at radius 2 is 1.91 bits per heavy atom. The van der Waals surface area contributed by atoms with E-state index >= 15 is 0 Å². The quantitative estimate of drug-likeness (QED) is 0.483. The lowest BCUT2D eigenvalue weighted by Gasteiger charge is -2.32. The summed E-state index contributed by atoms with van der Waals surface area (Å²) < 4.78 is 10.8. The van der Waals surface area contributed by atoms with E-state index in [-0.39, 0.29) is 24.3 Å². The van der Waals surface area contributed by atoms with Gasteiger partial charge in [0.15, 0.2) is 5.76 Å². The summed E-state index contributed by atoms with van der Waals surface area (Å²) >= 11 is 6.43. The molecule has 0 unspecified atom stereocenters. The number of nitrogens with one attached hydrogen (secondary N) is 1. The smallest absolute Gasteiger partial charge is 0.290 e. The third-order valence-electron chi connectivity index (χ3n) is 5.96. The van der Waals surface area contributed by atoms with Crippen LogP contribution in [0.2, 0.25) is 5.02 Å². The zero-order valence-corrected chi connectivity index (χ0v) is 19.3. The van der Waals surface area contributed by atoms with Gasteiger partial charge in [-0.1, -0.05) is 54.8 Å². The standard InChI is InChI=1S/C26H27ClN2O4/c1-32-21-12-6-9-18(16-21)24(25(30)28-20-10-3-4-11-20)29(26(31)23-14-7-15-33-23)17-19-8-2-5-13-22(19)27/h2,5-9,12-16,20,24H,3-4,10-11,17H2,1H3,(H,28,30)/t24-/m1/s1. The topological polar surface area (TPSA) is 71.8 Å². The molecule has 4 rings (SSSR count). The summed E-state index contributed by atoms with van der Waals surface area (Å²) in [6.45, 7) is 0.138. The van der Waals surface area contributed by atoms with Gasteiger partial charge in [-0.2, -0.15) is 0 Å². The number of halogens is 1. The van der Waals surface area contributed by atoms with Crippen LogP contribution in [-0.2, 0) is 11.3 Å². The molecule has 1 saturated carbocycles. The van der Waals surface area contributed by atoms with Crippen LogP contribution in [0.15, 0.2) is 71.3 Å². The number of furan rings is 1. The Balaban J connectivity index is 1.77. The molecule has 0 radical (unpaired) electrons. The molecule has 1 aliphatic carbocycles. The van der Waals surface area contributed by atoms with E-state index in [1.165, 1.54) is 11.2 Å². The van der Waals surface area contributed by atoms with Crippen LogP contribution in [-0.4, -0.2) is 29.9 Å². The lowest BCUT2D eigenvalue weighted by molar-refractivity contribution is -0.126. The average molecular weight is 467 g/mol. The van der Waals surface area contributed by atoms with Crippen molar-refractivity contribution in [1.82, 2.24) is 10.2 Å². The summed E-state index contributed by atoms with van der Waals surface area (Å²) in [5, 5.41) is 3.68. The molecule has 33 heavy (non-hydrogen) atoms. The van der Waals surface area contributed by atoms with E-state index < -0.39 is 11.9 Å². The third-order valence-corrected chi connectivity index (χ3v) is 6.33. The van der Waals surface area contributed by atoms with Gasteiger partial charge in [0.25, 0.3) is 5.91 Å². The van der Waals surface area contributed by atoms with Crippen LogP contribution >= 0.6 is 11.6 Å². The Labute approximate surface area is 198 Å². The first-order valence-electron chi connectivity index (χ1n) is 11.1. The first-order valence-corrected chi connectivity index (χ1v) is 11.5. The van der Waals surface area contributed by atoms with Crippen LogP contribution in [0.3, 0.4) is 0 Å². The number of rotatable bonds is 8. The zero-order valence-electron chi connectivity index (χ0n) is 18.5. The van der Waals surface area contributed by atoms with Crippen LogP contribution < -0.4 is 10.1 Å². The molecule has 172 valence electrons. The summed E-state index contributed by atoms with van der Waals surface area (Å²) in [5.41, 5.74) is 1.39. The highest BCUT2D eigenvalue weighted by molar-refractivity contribution is 6.31. The fourth-order valence-corrected chi connectivity index (χ4v) is 4.46. The molecule has 7 heteroatoms. The van der Waals surface area contributed by atoms with Crippen LogP contribution in [0.5, 0.6) is 5.75 Å². The van der Waals surface area contributed by atoms with Gasteiger partial charge in [0.05, 0.1) is 13.4 Å². The van der Waals surface area contributed by atoms with Gasteiger partial charge in [-0.15, -0.1) is 0 Å². The van der Waals surface area contributed by atoms with Gasteiger partial charge in [-0.05, 0) is 54.3 Å². The van der Waals surface area contributed by atoms with Crippen molar-refractivity contribution in [3.05, 3.63) is 88.8 Å². The van der Waals surface area contributed by atoms with Gasteiger partial charge in [-0.25, -0.2) is 0 Å². The lowest BCUT2D eigenvalue weighted by Crippen LogP contribution is -2.45. The minimum Gasteiger partial charge on any atom is -0.497 e. The Morgan fingerprint density at radius 3 is 2.61 bits per heavy atom. The number of ether oxygens (including phenoxy) is 1. The second-order valence-electron chi connectivity index (χ2n) is 8.17.